The van der Waals surface area contributed by atoms with Crippen LogP contribution in [0.2, 0.25) is 0 Å². The molecule has 0 spiro atoms. The Morgan fingerprint density at radius 3 is 2.77 bits per heavy atom. The fraction of sp³-hybridized carbons (Fsp3) is 0.333. The summed E-state index contributed by atoms with van der Waals surface area (Å²) >= 11 is 0. The van der Waals surface area contributed by atoms with Crippen molar-refractivity contribution < 1.29 is 14.3 Å². The number of benzene rings is 2. The maximum atomic E-state index is 12.6. The van der Waals surface area contributed by atoms with Crippen LogP contribution in [0.25, 0.3) is 10.9 Å². The zero-order valence-electron chi connectivity index (χ0n) is 17.3. The zero-order valence-corrected chi connectivity index (χ0v) is 17.3. The van der Waals surface area contributed by atoms with Crippen molar-refractivity contribution in [2.24, 2.45) is 0 Å². The summed E-state index contributed by atoms with van der Waals surface area (Å²) in [7, 11) is 0. The van der Waals surface area contributed by atoms with E-state index in [9.17, 15) is 14.4 Å². The Labute approximate surface area is 179 Å². The molecule has 1 aromatic heterocycles. The smallest absolute Gasteiger partial charge is 0.338 e. The van der Waals surface area contributed by atoms with Crippen LogP contribution in [-0.4, -0.2) is 27.5 Å². The van der Waals surface area contributed by atoms with Crippen LogP contribution in [0.15, 0.2) is 41.2 Å². The Kier molecular flexibility index (Phi) is 4.81. The van der Waals surface area contributed by atoms with E-state index < -0.39 is 12.1 Å². The van der Waals surface area contributed by atoms with Gasteiger partial charge in [0, 0.05) is 18.7 Å². The Morgan fingerprint density at radius 2 is 1.90 bits per heavy atom. The summed E-state index contributed by atoms with van der Waals surface area (Å²) < 4.78 is 7.06. The van der Waals surface area contributed by atoms with Gasteiger partial charge in [-0.2, -0.15) is 0 Å². The topological polar surface area (TPSA) is 90.3 Å². The van der Waals surface area contributed by atoms with Crippen molar-refractivity contribution in [1.29, 1.82) is 0 Å². The maximum absolute atomic E-state index is 12.6. The van der Waals surface area contributed by atoms with Crippen LogP contribution in [0, 0.1) is 0 Å². The van der Waals surface area contributed by atoms with E-state index in [1.165, 1.54) is 11.1 Å². The first-order chi connectivity index (χ1) is 15.0. The molecule has 0 saturated carbocycles. The van der Waals surface area contributed by atoms with Gasteiger partial charge < -0.3 is 10.1 Å². The summed E-state index contributed by atoms with van der Waals surface area (Å²) in [5.74, 6) is -0.271. The molecule has 2 heterocycles. The second kappa shape index (κ2) is 7.65. The van der Waals surface area contributed by atoms with Crippen LogP contribution in [0.3, 0.4) is 0 Å². The average molecular weight is 417 g/mol. The Morgan fingerprint density at radius 1 is 1.06 bits per heavy atom. The van der Waals surface area contributed by atoms with Gasteiger partial charge in [-0.3, -0.25) is 14.2 Å². The Bertz CT molecular complexity index is 1280. The minimum atomic E-state index is -0.963. The number of nitrogens with one attached hydrogen (secondary N) is 1. The average Bonchev–Trinajstić information content (AvgIpc) is 3.42. The molecule has 0 unspecified atom stereocenters. The largest absolute Gasteiger partial charge is 0.449 e. The third kappa shape index (κ3) is 3.60. The number of fused-ring (bicyclic) bond motifs is 3. The van der Waals surface area contributed by atoms with Crippen LogP contribution in [-0.2, 0) is 35.3 Å². The minimum Gasteiger partial charge on any atom is -0.449 e. The fourth-order valence-corrected chi connectivity index (χ4v) is 4.39. The van der Waals surface area contributed by atoms with E-state index in [1.54, 1.807) is 29.7 Å². The number of hydrogen-bond donors (Lipinski definition) is 1. The number of carbonyl (C=O) groups is 2. The van der Waals surface area contributed by atoms with E-state index >= 15 is 0 Å². The predicted octanol–water partition coefficient (Wildman–Crippen LogP) is 3.02. The van der Waals surface area contributed by atoms with Gasteiger partial charge in [0.2, 0.25) is 0 Å². The number of anilines is 1. The van der Waals surface area contributed by atoms with Gasteiger partial charge in [-0.25, -0.2) is 9.78 Å². The van der Waals surface area contributed by atoms with Crippen molar-refractivity contribution in [2.75, 3.05) is 5.32 Å². The molecule has 0 radical (unpaired) electrons. The normalized spacial score (nSPS) is 15.4. The Hall–Kier alpha value is -3.48. The highest BCUT2D eigenvalue weighted by Gasteiger charge is 2.22. The first-order valence-electron chi connectivity index (χ1n) is 10.7. The molecule has 3 aromatic rings. The van der Waals surface area contributed by atoms with E-state index in [4.69, 9.17) is 4.74 Å². The molecule has 1 aliphatic carbocycles. The van der Waals surface area contributed by atoms with Gasteiger partial charge in [0.25, 0.3) is 11.5 Å². The molecule has 0 saturated heterocycles. The van der Waals surface area contributed by atoms with Crippen molar-refractivity contribution >= 4 is 28.5 Å². The molecule has 5 rings (SSSR count). The van der Waals surface area contributed by atoms with Crippen molar-refractivity contribution in [3.63, 3.8) is 0 Å². The highest BCUT2D eigenvalue weighted by atomic mass is 16.5. The number of amides is 1. The van der Waals surface area contributed by atoms with Gasteiger partial charge in [-0.05, 0) is 74.1 Å². The van der Waals surface area contributed by atoms with Gasteiger partial charge in [-0.1, -0.05) is 6.07 Å². The molecule has 2 aliphatic rings. The van der Waals surface area contributed by atoms with Gasteiger partial charge in [-0.15, -0.1) is 0 Å². The molecular weight excluding hydrogens is 394 g/mol. The van der Waals surface area contributed by atoms with Crippen LogP contribution in [0.4, 0.5) is 5.69 Å². The van der Waals surface area contributed by atoms with Crippen LogP contribution in [0.1, 0.15) is 47.1 Å². The van der Waals surface area contributed by atoms with E-state index in [0.29, 0.717) is 23.1 Å². The van der Waals surface area contributed by atoms with Gasteiger partial charge in [0.15, 0.2) is 6.10 Å². The quantitative estimate of drug-likeness (QED) is 0.659. The second-order valence-corrected chi connectivity index (χ2v) is 8.19. The van der Waals surface area contributed by atoms with E-state index in [1.807, 2.05) is 18.2 Å². The predicted molar refractivity (Wildman–Crippen MR) is 116 cm³/mol. The third-order valence-electron chi connectivity index (χ3n) is 6.07. The van der Waals surface area contributed by atoms with Crippen LogP contribution < -0.4 is 10.9 Å². The summed E-state index contributed by atoms with van der Waals surface area (Å²) in [5, 5.41) is 3.30. The number of aromatic nitrogens is 2. The number of aryl methyl sites for hydroxylation is 3. The summed E-state index contributed by atoms with van der Waals surface area (Å²) in [6.07, 6.45) is 3.91. The number of rotatable bonds is 4. The molecule has 31 heavy (non-hydrogen) atoms. The summed E-state index contributed by atoms with van der Waals surface area (Å²) in [6, 6.07) is 10.6. The highest BCUT2D eigenvalue weighted by molar-refractivity contribution is 5.98. The molecular formula is C24H23N3O4. The number of carbonyl (C=O) groups excluding carboxylic acids is 2. The first-order valence-corrected chi connectivity index (χ1v) is 10.7. The Balaban J connectivity index is 1.30. The lowest BCUT2D eigenvalue weighted by Crippen LogP contribution is -2.30. The van der Waals surface area contributed by atoms with Gasteiger partial charge >= 0.3 is 5.97 Å². The van der Waals surface area contributed by atoms with Gasteiger partial charge in [0.05, 0.1) is 16.5 Å². The lowest BCUT2D eigenvalue weighted by Gasteiger charge is -2.14. The SMILES string of the molecule is C[C@H](OC(=O)c1ccc2c(=O)n3c(nc2c1)CCC3)C(=O)Nc1ccc2c(c1)CCC2. The standard InChI is InChI=1S/C24H23N3O4/c1-14(22(28)25-18-9-7-15-4-2-5-16(15)12-18)31-24(30)17-8-10-19-20(13-17)26-21-6-3-11-27(21)23(19)29/h7-10,12-14H,2-6,11H2,1H3,(H,25,28)/t14-/m0/s1. The van der Waals surface area contributed by atoms with Crippen LogP contribution in [0.5, 0.6) is 0 Å². The summed E-state index contributed by atoms with van der Waals surface area (Å²) in [6.45, 7) is 2.22. The maximum Gasteiger partial charge on any atom is 0.338 e. The molecule has 7 nitrogen and oxygen atoms in total. The van der Waals surface area contributed by atoms with Gasteiger partial charge in [0.1, 0.15) is 5.82 Å². The molecule has 0 fully saturated rings. The van der Waals surface area contributed by atoms with E-state index in [0.717, 1.165) is 37.9 Å². The van der Waals surface area contributed by atoms with E-state index in [2.05, 4.69) is 10.3 Å². The number of hydrogen-bond acceptors (Lipinski definition) is 5. The number of nitrogens with zero attached hydrogens (tertiary/aromatic N) is 2. The van der Waals surface area contributed by atoms with E-state index in [-0.39, 0.29) is 17.0 Å². The molecule has 158 valence electrons. The molecule has 0 bridgehead atoms. The lowest BCUT2D eigenvalue weighted by molar-refractivity contribution is -0.123. The lowest BCUT2D eigenvalue weighted by atomic mass is 10.1. The molecule has 7 heteroatoms. The molecule has 1 N–H and O–H groups in total. The van der Waals surface area contributed by atoms with Crippen LogP contribution >= 0.6 is 0 Å². The molecule has 1 atom stereocenters. The molecule has 1 amide bonds. The zero-order chi connectivity index (χ0) is 21.5. The monoisotopic (exact) mass is 417 g/mol. The third-order valence-corrected chi connectivity index (χ3v) is 6.07. The fourth-order valence-electron chi connectivity index (χ4n) is 4.39. The van der Waals surface area contributed by atoms with Crippen molar-refractivity contribution in [2.45, 2.75) is 51.7 Å². The molecule has 1 aliphatic heterocycles. The summed E-state index contributed by atoms with van der Waals surface area (Å²) in [5.41, 5.74) is 3.95. The first kappa shape index (κ1) is 19.5. The number of ether oxygens (including phenoxy) is 1. The van der Waals surface area contributed by atoms with Crippen molar-refractivity contribution in [3.8, 4) is 0 Å². The molecule has 2 aromatic carbocycles. The summed E-state index contributed by atoms with van der Waals surface area (Å²) in [4.78, 5) is 42.2. The second-order valence-electron chi connectivity index (χ2n) is 8.19. The highest BCUT2D eigenvalue weighted by Crippen LogP contribution is 2.25. The van der Waals surface area contributed by atoms with Crippen molar-refractivity contribution in [1.82, 2.24) is 9.55 Å². The minimum absolute atomic E-state index is 0.0838. The number of esters is 1. The van der Waals surface area contributed by atoms with Crippen molar-refractivity contribution in [3.05, 3.63) is 69.3 Å².